The Hall–Kier alpha value is -2.74. The number of likely N-dealkylation sites (N-methyl/N-ethyl adjacent to an activating group) is 1. The van der Waals surface area contributed by atoms with Gasteiger partial charge < -0.3 is 10.2 Å². The van der Waals surface area contributed by atoms with Crippen LogP contribution in [0.4, 0.5) is 5.69 Å². The van der Waals surface area contributed by atoms with Gasteiger partial charge in [-0.3, -0.25) is 14.5 Å². The minimum Gasteiger partial charge on any atom is -0.343 e. The van der Waals surface area contributed by atoms with Crippen LogP contribution in [-0.4, -0.2) is 69.6 Å². The molecular formula is C16H20N6O2. The fourth-order valence-corrected chi connectivity index (χ4v) is 2.54. The Labute approximate surface area is 140 Å². The number of carbonyl (C=O) groups is 2. The summed E-state index contributed by atoms with van der Waals surface area (Å²) in [5.74, 6) is -0.0668. The maximum absolute atomic E-state index is 12.1. The van der Waals surface area contributed by atoms with Crippen LogP contribution in [0.5, 0.6) is 0 Å². The van der Waals surface area contributed by atoms with E-state index in [0.29, 0.717) is 26.2 Å². The van der Waals surface area contributed by atoms with Crippen molar-refractivity contribution in [3.8, 4) is 0 Å². The molecule has 3 rings (SSSR count). The molecule has 0 aliphatic carbocycles. The second-order valence-corrected chi connectivity index (χ2v) is 5.86. The molecule has 0 bridgehead atoms. The first-order valence-corrected chi connectivity index (χ1v) is 7.78. The molecule has 8 nitrogen and oxygen atoms in total. The average molecular weight is 328 g/mol. The van der Waals surface area contributed by atoms with Crippen LogP contribution in [0.1, 0.15) is 5.56 Å². The lowest BCUT2D eigenvalue weighted by Crippen LogP contribution is -2.50. The Bertz CT molecular complexity index is 698. The number of nitrogens with one attached hydrogen (secondary N) is 1. The van der Waals surface area contributed by atoms with Crippen molar-refractivity contribution in [1.29, 1.82) is 0 Å². The number of aromatic nitrogens is 3. The monoisotopic (exact) mass is 328 g/mol. The summed E-state index contributed by atoms with van der Waals surface area (Å²) in [7, 11) is 1.78. The lowest BCUT2D eigenvalue weighted by atomic mass is 10.2. The molecule has 1 aromatic carbocycles. The van der Waals surface area contributed by atoms with E-state index in [-0.39, 0.29) is 18.4 Å². The van der Waals surface area contributed by atoms with Gasteiger partial charge in [-0.25, -0.2) is 9.67 Å². The molecule has 1 fully saturated rings. The van der Waals surface area contributed by atoms with Crippen molar-refractivity contribution in [2.45, 2.75) is 6.54 Å². The lowest BCUT2D eigenvalue weighted by Gasteiger charge is -2.31. The van der Waals surface area contributed by atoms with E-state index >= 15 is 0 Å². The number of hydrogen-bond donors (Lipinski definition) is 1. The summed E-state index contributed by atoms with van der Waals surface area (Å²) in [5.41, 5.74) is 1.81. The molecule has 0 atom stereocenters. The standard InChI is InChI=1S/C16H20N6O2/c1-20-6-7-21(10-16(20)24)9-15(23)19-14-4-2-13(3-5-14)8-22-12-17-11-18-22/h2-5,11-12H,6-10H2,1H3,(H,19,23). The molecule has 2 amide bonds. The number of carbonyl (C=O) groups excluding carboxylic acids is 2. The first-order chi connectivity index (χ1) is 11.6. The maximum atomic E-state index is 12.1. The van der Waals surface area contributed by atoms with E-state index in [2.05, 4.69) is 15.4 Å². The van der Waals surface area contributed by atoms with Crippen LogP contribution >= 0.6 is 0 Å². The van der Waals surface area contributed by atoms with Gasteiger partial charge in [-0.1, -0.05) is 12.1 Å². The summed E-state index contributed by atoms with van der Waals surface area (Å²) in [6.07, 6.45) is 3.16. The topological polar surface area (TPSA) is 83.4 Å². The van der Waals surface area contributed by atoms with Crippen molar-refractivity contribution in [1.82, 2.24) is 24.6 Å². The highest BCUT2D eigenvalue weighted by Crippen LogP contribution is 2.11. The Morgan fingerprint density at radius 1 is 1.25 bits per heavy atom. The van der Waals surface area contributed by atoms with Crippen molar-refractivity contribution in [2.24, 2.45) is 0 Å². The van der Waals surface area contributed by atoms with Crippen molar-refractivity contribution in [3.05, 3.63) is 42.5 Å². The van der Waals surface area contributed by atoms with Crippen molar-refractivity contribution in [3.63, 3.8) is 0 Å². The molecule has 1 aliphatic heterocycles. The SMILES string of the molecule is CN1CCN(CC(=O)Nc2ccc(Cn3cncn3)cc2)CC1=O. The third-order valence-corrected chi connectivity index (χ3v) is 3.95. The van der Waals surface area contributed by atoms with E-state index in [0.717, 1.165) is 11.3 Å². The molecule has 1 saturated heterocycles. The smallest absolute Gasteiger partial charge is 0.238 e. The summed E-state index contributed by atoms with van der Waals surface area (Å²) in [6, 6.07) is 7.60. The Kier molecular flexibility index (Phi) is 4.85. The van der Waals surface area contributed by atoms with E-state index in [1.807, 2.05) is 29.2 Å². The fourth-order valence-electron chi connectivity index (χ4n) is 2.54. The predicted molar refractivity (Wildman–Crippen MR) is 88.3 cm³/mol. The Morgan fingerprint density at radius 3 is 2.71 bits per heavy atom. The molecule has 126 valence electrons. The number of piperazine rings is 1. The maximum Gasteiger partial charge on any atom is 0.238 e. The predicted octanol–water partition coefficient (Wildman–Crippen LogP) is 0.0389. The number of rotatable bonds is 5. The van der Waals surface area contributed by atoms with Gasteiger partial charge in [-0.05, 0) is 17.7 Å². The molecule has 1 aromatic heterocycles. The third-order valence-electron chi connectivity index (χ3n) is 3.95. The largest absolute Gasteiger partial charge is 0.343 e. The van der Waals surface area contributed by atoms with Gasteiger partial charge in [0.15, 0.2) is 0 Å². The van der Waals surface area contributed by atoms with Gasteiger partial charge in [-0.15, -0.1) is 0 Å². The highest BCUT2D eigenvalue weighted by molar-refractivity contribution is 5.92. The molecule has 0 unspecified atom stereocenters. The van der Waals surface area contributed by atoms with E-state index in [1.165, 1.54) is 6.33 Å². The van der Waals surface area contributed by atoms with Gasteiger partial charge in [0.25, 0.3) is 0 Å². The summed E-state index contributed by atoms with van der Waals surface area (Å²) < 4.78 is 1.73. The number of nitrogens with zero attached hydrogens (tertiary/aromatic N) is 5. The van der Waals surface area contributed by atoms with Gasteiger partial charge in [-0.2, -0.15) is 5.10 Å². The summed E-state index contributed by atoms with van der Waals surface area (Å²) >= 11 is 0. The van der Waals surface area contributed by atoms with Crippen molar-refractivity contribution in [2.75, 3.05) is 38.5 Å². The number of amides is 2. The molecule has 1 N–H and O–H groups in total. The molecule has 2 aromatic rings. The van der Waals surface area contributed by atoms with Crippen LogP contribution in [0.15, 0.2) is 36.9 Å². The Morgan fingerprint density at radius 2 is 2.04 bits per heavy atom. The zero-order valence-corrected chi connectivity index (χ0v) is 13.6. The summed E-state index contributed by atoms with van der Waals surface area (Å²) in [4.78, 5) is 31.2. The normalized spacial score (nSPS) is 15.5. The molecule has 0 radical (unpaired) electrons. The zero-order valence-electron chi connectivity index (χ0n) is 13.6. The zero-order chi connectivity index (χ0) is 16.9. The molecule has 8 heteroatoms. The molecule has 24 heavy (non-hydrogen) atoms. The lowest BCUT2D eigenvalue weighted by molar-refractivity contribution is -0.135. The fraction of sp³-hybridized carbons (Fsp3) is 0.375. The summed E-state index contributed by atoms with van der Waals surface area (Å²) in [6.45, 7) is 2.52. The van der Waals surface area contributed by atoms with Crippen molar-refractivity contribution >= 4 is 17.5 Å². The van der Waals surface area contributed by atoms with Crippen molar-refractivity contribution < 1.29 is 9.59 Å². The van der Waals surface area contributed by atoms with Gasteiger partial charge in [0, 0.05) is 25.8 Å². The highest BCUT2D eigenvalue weighted by Gasteiger charge is 2.22. The third kappa shape index (κ3) is 4.17. The van der Waals surface area contributed by atoms with Crippen LogP contribution in [0.25, 0.3) is 0 Å². The minimum absolute atomic E-state index is 0.0477. The first-order valence-electron chi connectivity index (χ1n) is 7.78. The van der Waals surface area contributed by atoms with Crippen LogP contribution in [0, 0.1) is 0 Å². The van der Waals surface area contributed by atoms with Crippen LogP contribution < -0.4 is 5.32 Å². The number of anilines is 1. The summed E-state index contributed by atoms with van der Waals surface area (Å²) in [5, 5.41) is 6.92. The molecule has 1 aliphatic rings. The highest BCUT2D eigenvalue weighted by atomic mass is 16.2. The van der Waals surface area contributed by atoms with E-state index in [1.54, 1.807) is 23.0 Å². The second-order valence-electron chi connectivity index (χ2n) is 5.86. The molecule has 0 spiro atoms. The van der Waals surface area contributed by atoms with Gasteiger partial charge in [0.05, 0.1) is 19.6 Å². The molecular weight excluding hydrogens is 308 g/mol. The van der Waals surface area contributed by atoms with E-state index in [4.69, 9.17) is 0 Å². The quantitative estimate of drug-likeness (QED) is 0.838. The number of benzene rings is 1. The second kappa shape index (κ2) is 7.22. The van der Waals surface area contributed by atoms with Crippen LogP contribution in [0.2, 0.25) is 0 Å². The molecule has 2 heterocycles. The number of hydrogen-bond acceptors (Lipinski definition) is 5. The van der Waals surface area contributed by atoms with Crippen LogP contribution in [0.3, 0.4) is 0 Å². The molecule has 0 saturated carbocycles. The van der Waals surface area contributed by atoms with E-state index in [9.17, 15) is 9.59 Å². The van der Waals surface area contributed by atoms with Gasteiger partial charge in [0.2, 0.25) is 11.8 Å². The van der Waals surface area contributed by atoms with Crippen LogP contribution in [-0.2, 0) is 16.1 Å². The van der Waals surface area contributed by atoms with Gasteiger partial charge >= 0.3 is 0 Å². The average Bonchev–Trinajstić information content (AvgIpc) is 3.06. The Balaban J connectivity index is 1.50. The van der Waals surface area contributed by atoms with Gasteiger partial charge in [0.1, 0.15) is 12.7 Å². The van der Waals surface area contributed by atoms with E-state index < -0.39 is 0 Å². The first kappa shape index (κ1) is 16.1. The minimum atomic E-state index is -0.114.